The maximum absolute atomic E-state index is 12.3. The molecule has 0 bridgehead atoms. The van der Waals surface area contributed by atoms with E-state index in [1.165, 1.54) is 0 Å². The smallest absolute Gasteiger partial charge is 0.251 e. The topological polar surface area (TPSA) is 81.8 Å². The van der Waals surface area contributed by atoms with Gasteiger partial charge >= 0.3 is 0 Å². The van der Waals surface area contributed by atoms with E-state index in [1.807, 2.05) is 6.92 Å². The number of hydrogen-bond acceptors (Lipinski definition) is 4. The summed E-state index contributed by atoms with van der Waals surface area (Å²) in [5, 5.41) is 5.44. The number of piperazine rings is 1. The highest BCUT2D eigenvalue weighted by molar-refractivity contribution is 5.94. The Balaban J connectivity index is 1.79. The van der Waals surface area contributed by atoms with Crippen LogP contribution in [0, 0.1) is 0 Å². The molecule has 0 unspecified atom stereocenters. The Bertz CT molecular complexity index is 677. The van der Waals surface area contributed by atoms with Crippen molar-refractivity contribution >= 4 is 23.8 Å². The number of nitrogens with zero attached hydrogens (tertiary/aromatic N) is 2. The third kappa shape index (κ3) is 6.53. The van der Waals surface area contributed by atoms with Crippen LogP contribution in [0.2, 0.25) is 0 Å². The number of amides is 3. The Kier molecular flexibility index (Phi) is 8.00. The molecule has 0 saturated carbocycles. The van der Waals surface area contributed by atoms with Crippen LogP contribution in [0.25, 0.3) is 6.08 Å². The second-order valence-electron chi connectivity index (χ2n) is 6.49. The summed E-state index contributed by atoms with van der Waals surface area (Å²) in [6.45, 7) is 5.72. The molecular weight excluding hydrogens is 344 g/mol. The Morgan fingerprint density at radius 3 is 2.33 bits per heavy atom. The number of carbonyl (C=O) groups is 3. The maximum atomic E-state index is 12.3. The van der Waals surface area contributed by atoms with Crippen molar-refractivity contribution in [3.05, 3.63) is 41.5 Å². The summed E-state index contributed by atoms with van der Waals surface area (Å²) >= 11 is 0. The summed E-state index contributed by atoms with van der Waals surface area (Å²) in [6, 6.07) is 7.07. The number of benzene rings is 1. The van der Waals surface area contributed by atoms with Gasteiger partial charge in [-0.1, -0.05) is 19.1 Å². The van der Waals surface area contributed by atoms with Crippen LogP contribution >= 0.6 is 0 Å². The molecular formula is C20H28N4O3. The fourth-order valence-electron chi connectivity index (χ4n) is 2.81. The normalized spacial score (nSPS) is 15.0. The van der Waals surface area contributed by atoms with Crippen molar-refractivity contribution < 1.29 is 14.4 Å². The predicted octanol–water partition coefficient (Wildman–Crippen LogP) is 0.730. The molecule has 1 saturated heterocycles. The molecule has 146 valence electrons. The lowest BCUT2D eigenvalue weighted by molar-refractivity contribution is -0.128. The van der Waals surface area contributed by atoms with Crippen LogP contribution < -0.4 is 10.6 Å². The SMILES string of the molecule is CCCNC(=O)CN1CCN(C(=O)/C=C/c2ccc(C(=O)NC)cc2)CC1. The quantitative estimate of drug-likeness (QED) is 0.692. The lowest BCUT2D eigenvalue weighted by Crippen LogP contribution is -2.50. The van der Waals surface area contributed by atoms with E-state index in [4.69, 9.17) is 0 Å². The predicted molar refractivity (Wildman–Crippen MR) is 105 cm³/mol. The molecule has 1 aromatic rings. The van der Waals surface area contributed by atoms with E-state index in [0.29, 0.717) is 44.8 Å². The highest BCUT2D eigenvalue weighted by Crippen LogP contribution is 2.08. The molecule has 1 aromatic carbocycles. The Labute approximate surface area is 160 Å². The first-order chi connectivity index (χ1) is 13.0. The molecule has 2 rings (SSSR count). The Morgan fingerprint density at radius 2 is 1.74 bits per heavy atom. The van der Waals surface area contributed by atoms with Crippen LogP contribution in [-0.2, 0) is 9.59 Å². The first-order valence-corrected chi connectivity index (χ1v) is 9.31. The van der Waals surface area contributed by atoms with Crippen molar-refractivity contribution in [2.24, 2.45) is 0 Å². The molecule has 2 N–H and O–H groups in total. The van der Waals surface area contributed by atoms with Gasteiger partial charge in [-0.25, -0.2) is 0 Å². The van der Waals surface area contributed by atoms with E-state index in [1.54, 1.807) is 48.4 Å². The molecule has 0 aliphatic carbocycles. The third-order valence-electron chi connectivity index (χ3n) is 4.44. The van der Waals surface area contributed by atoms with Gasteiger partial charge in [0.05, 0.1) is 6.54 Å². The lowest BCUT2D eigenvalue weighted by Gasteiger charge is -2.33. The molecule has 0 aromatic heterocycles. The van der Waals surface area contributed by atoms with Crippen LogP contribution in [-0.4, -0.2) is 73.8 Å². The second-order valence-corrected chi connectivity index (χ2v) is 6.49. The molecule has 27 heavy (non-hydrogen) atoms. The molecule has 1 aliphatic rings. The fourth-order valence-corrected chi connectivity index (χ4v) is 2.81. The number of rotatable bonds is 7. The Hall–Kier alpha value is -2.67. The van der Waals surface area contributed by atoms with Gasteiger partial charge in [0.2, 0.25) is 11.8 Å². The maximum Gasteiger partial charge on any atom is 0.251 e. The lowest BCUT2D eigenvalue weighted by atomic mass is 10.1. The van der Waals surface area contributed by atoms with Gasteiger partial charge in [-0.05, 0) is 30.2 Å². The molecule has 7 nitrogen and oxygen atoms in total. The zero-order valence-electron chi connectivity index (χ0n) is 16.0. The minimum Gasteiger partial charge on any atom is -0.355 e. The zero-order chi connectivity index (χ0) is 19.6. The second kappa shape index (κ2) is 10.5. The molecule has 3 amide bonds. The average Bonchev–Trinajstić information content (AvgIpc) is 2.70. The molecule has 0 spiro atoms. The molecule has 1 heterocycles. The minimum absolute atomic E-state index is 0.0386. The van der Waals surface area contributed by atoms with Crippen LogP contribution in [0.3, 0.4) is 0 Å². The van der Waals surface area contributed by atoms with E-state index in [0.717, 1.165) is 12.0 Å². The number of nitrogens with one attached hydrogen (secondary N) is 2. The van der Waals surface area contributed by atoms with Crippen molar-refractivity contribution in [3.8, 4) is 0 Å². The van der Waals surface area contributed by atoms with E-state index in [2.05, 4.69) is 15.5 Å². The monoisotopic (exact) mass is 372 g/mol. The summed E-state index contributed by atoms with van der Waals surface area (Å²) in [6.07, 6.45) is 4.23. The van der Waals surface area contributed by atoms with Crippen LogP contribution in [0.4, 0.5) is 0 Å². The van der Waals surface area contributed by atoms with Crippen molar-refractivity contribution in [3.63, 3.8) is 0 Å². The standard InChI is InChI=1S/C20H28N4O3/c1-3-10-22-18(25)15-23-11-13-24(14-12-23)19(26)9-6-16-4-7-17(8-5-16)20(27)21-2/h4-9H,3,10-15H2,1-2H3,(H,21,27)(H,22,25)/b9-6+. The van der Waals surface area contributed by atoms with Gasteiger partial charge in [0.25, 0.3) is 5.91 Å². The zero-order valence-corrected chi connectivity index (χ0v) is 16.0. The highest BCUT2D eigenvalue weighted by Gasteiger charge is 2.20. The van der Waals surface area contributed by atoms with Gasteiger partial charge in [0, 0.05) is 51.4 Å². The van der Waals surface area contributed by atoms with Gasteiger partial charge in [-0.2, -0.15) is 0 Å². The van der Waals surface area contributed by atoms with E-state index >= 15 is 0 Å². The summed E-state index contributed by atoms with van der Waals surface area (Å²) < 4.78 is 0. The summed E-state index contributed by atoms with van der Waals surface area (Å²) in [4.78, 5) is 39.5. The van der Waals surface area contributed by atoms with E-state index < -0.39 is 0 Å². The van der Waals surface area contributed by atoms with Gasteiger partial charge in [0.15, 0.2) is 0 Å². The molecule has 0 radical (unpaired) electrons. The number of carbonyl (C=O) groups excluding carboxylic acids is 3. The van der Waals surface area contributed by atoms with E-state index in [-0.39, 0.29) is 17.7 Å². The largest absolute Gasteiger partial charge is 0.355 e. The molecule has 1 aliphatic heterocycles. The van der Waals surface area contributed by atoms with Gasteiger partial charge in [-0.15, -0.1) is 0 Å². The van der Waals surface area contributed by atoms with Crippen LogP contribution in [0.15, 0.2) is 30.3 Å². The minimum atomic E-state index is -0.136. The van der Waals surface area contributed by atoms with E-state index in [9.17, 15) is 14.4 Å². The first kappa shape index (κ1) is 20.6. The third-order valence-corrected chi connectivity index (χ3v) is 4.44. The van der Waals surface area contributed by atoms with Crippen molar-refractivity contribution in [1.29, 1.82) is 0 Å². The highest BCUT2D eigenvalue weighted by atomic mass is 16.2. The summed E-state index contributed by atoms with van der Waals surface area (Å²) in [5.41, 5.74) is 1.45. The van der Waals surface area contributed by atoms with Crippen LogP contribution in [0.5, 0.6) is 0 Å². The van der Waals surface area contributed by atoms with Crippen molar-refractivity contribution in [2.75, 3.05) is 46.3 Å². The molecule has 0 atom stereocenters. The first-order valence-electron chi connectivity index (χ1n) is 9.31. The van der Waals surface area contributed by atoms with Gasteiger partial charge in [-0.3, -0.25) is 19.3 Å². The fraction of sp³-hybridized carbons (Fsp3) is 0.450. The van der Waals surface area contributed by atoms with Gasteiger partial charge < -0.3 is 15.5 Å². The average molecular weight is 372 g/mol. The number of hydrogen-bond donors (Lipinski definition) is 2. The Morgan fingerprint density at radius 1 is 1.07 bits per heavy atom. The van der Waals surface area contributed by atoms with Crippen LogP contribution in [0.1, 0.15) is 29.3 Å². The molecule has 1 fully saturated rings. The molecule has 7 heteroatoms. The summed E-state index contributed by atoms with van der Waals surface area (Å²) in [7, 11) is 1.59. The van der Waals surface area contributed by atoms with Crippen molar-refractivity contribution in [2.45, 2.75) is 13.3 Å². The van der Waals surface area contributed by atoms with Crippen molar-refractivity contribution in [1.82, 2.24) is 20.4 Å². The van der Waals surface area contributed by atoms with Gasteiger partial charge in [0.1, 0.15) is 0 Å². The summed E-state index contributed by atoms with van der Waals surface area (Å²) in [5.74, 6) is -0.139.